The van der Waals surface area contributed by atoms with Crippen LogP contribution >= 0.6 is 0 Å². The summed E-state index contributed by atoms with van der Waals surface area (Å²) in [5.41, 5.74) is 3.24. The van der Waals surface area contributed by atoms with Gasteiger partial charge < -0.3 is 14.1 Å². The molecule has 0 fully saturated rings. The third-order valence-electron chi connectivity index (χ3n) is 4.53. The van der Waals surface area contributed by atoms with E-state index in [-0.39, 0.29) is 11.8 Å². The number of nitrogens with zero attached hydrogens (tertiary/aromatic N) is 5. The molecule has 0 aliphatic heterocycles. The summed E-state index contributed by atoms with van der Waals surface area (Å²) in [7, 11) is 3.44. The Hall–Kier alpha value is -4.07. The first-order valence-electron chi connectivity index (χ1n) is 9.77. The number of hydrogen-bond acceptors (Lipinski definition) is 7. The van der Waals surface area contributed by atoms with E-state index in [0.717, 1.165) is 5.56 Å². The van der Waals surface area contributed by atoms with Crippen LogP contribution in [0.1, 0.15) is 17.3 Å². The van der Waals surface area contributed by atoms with Gasteiger partial charge >= 0.3 is 0 Å². The lowest BCUT2D eigenvalue weighted by molar-refractivity contribution is 0.0827. The van der Waals surface area contributed by atoms with Gasteiger partial charge in [-0.3, -0.25) is 9.78 Å². The van der Waals surface area contributed by atoms with Crippen LogP contribution in [0, 0.1) is 0 Å². The summed E-state index contributed by atoms with van der Waals surface area (Å²) in [6.07, 6.45) is 3.22. The highest BCUT2D eigenvalue weighted by atomic mass is 16.5. The van der Waals surface area contributed by atoms with E-state index < -0.39 is 0 Å². The average Bonchev–Trinajstić information content (AvgIpc) is 3.29. The van der Waals surface area contributed by atoms with Crippen LogP contribution < -0.4 is 4.74 Å². The fraction of sp³-hybridized carbons (Fsp3) is 0.174. The molecule has 0 atom stereocenters. The van der Waals surface area contributed by atoms with Gasteiger partial charge in [-0.2, -0.15) is 0 Å². The molecule has 0 saturated carbocycles. The largest absolute Gasteiger partial charge is 0.493 e. The molecule has 0 N–H and O–H groups in total. The summed E-state index contributed by atoms with van der Waals surface area (Å²) in [5, 5.41) is 8.28. The highest BCUT2D eigenvalue weighted by molar-refractivity contribution is 5.94. The van der Waals surface area contributed by atoms with Crippen molar-refractivity contribution in [2.24, 2.45) is 0 Å². The minimum Gasteiger partial charge on any atom is -0.493 e. The zero-order chi connectivity index (χ0) is 21.8. The molecular weight excluding hydrogens is 394 g/mol. The van der Waals surface area contributed by atoms with Crippen LogP contribution in [-0.4, -0.2) is 51.7 Å². The molecule has 2 aromatic carbocycles. The summed E-state index contributed by atoms with van der Waals surface area (Å²) in [6, 6.07) is 14.7. The van der Waals surface area contributed by atoms with Crippen LogP contribution in [0.4, 0.5) is 0 Å². The van der Waals surface area contributed by atoms with Gasteiger partial charge in [-0.1, -0.05) is 24.3 Å². The Balaban J connectivity index is 1.62. The normalized spacial score (nSPS) is 10.7. The van der Waals surface area contributed by atoms with Gasteiger partial charge in [-0.25, -0.2) is 4.98 Å². The number of ether oxygens (including phenoxy) is 1. The summed E-state index contributed by atoms with van der Waals surface area (Å²) in [4.78, 5) is 22.5. The Kier molecular flexibility index (Phi) is 5.70. The number of amides is 1. The highest BCUT2D eigenvalue weighted by Gasteiger charge is 2.16. The first kappa shape index (κ1) is 20.2. The number of carbonyl (C=O) groups is 1. The third kappa shape index (κ3) is 4.28. The second-order valence-electron chi connectivity index (χ2n) is 6.91. The Morgan fingerprint density at radius 3 is 2.42 bits per heavy atom. The predicted molar refractivity (Wildman–Crippen MR) is 115 cm³/mol. The molecule has 0 unspecified atom stereocenters. The maximum absolute atomic E-state index is 12.1. The molecular formula is C23H21N5O3. The molecule has 4 rings (SSSR count). The number of aromatic nitrogens is 4. The Morgan fingerprint density at radius 2 is 1.68 bits per heavy atom. The van der Waals surface area contributed by atoms with Crippen LogP contribution in [-0.2, 0) is 0 Å². The zero-order valence-electron chi connectivity index (χ0n) is 17.4. The number of para-hydroxylation sites is 1. The van der Waals surface area contributed by atoms with Gasteiger partial charge in [0.2, 0.25) is 0 Å². The van der Waals surface area contributed by atoms with Crippen LogP contribution in [0.25, 0.3) is 34.3 Å². The van der Waals surface area contributed by atoms with Gasteiger partial charge in [0, 0.05) is 25.2 Å². The number of rotatable bonds is 6. The van der Waals surface area contributed by atoms with Crippen molar-refractivity contribution in [2.45, 2.75) is 6.92 Å². The minimum atomic E-state index is -0.0582. The lowest BCUT2D eigenvalue weighted by atomic mass is 10.1. The fourth-order valence-corrected chi connectivity index (χ4v) is 3.01. The molecule has 156 valence electrons. The lowest BCUT2D eigenvalue weighted by Gasteiger charge is -2.10. The molecule has 0 aliphatic rings. The standard InChI is InChI=1S/C23H21N5O3/c1-4-30-20-8-6-5-7-17(20)21-26-27-22(31-21)19-14-24-13-18(25-19)15-9-11-16(12-10-15)23(29)28(2)3/h5-14H,4H2,1-3H3. The van der Waals surface area contributed by atoms with E-state index in [4.69, 9.17) is 9.15 Å². The topological polar surface area (TPSA) is 94.2 Å². The van der Waals surface area contributed by atoms with Crippen LogP contribution in [0.2, 0.25) is 0 Å². The van der Waals surface area contributed by atoms with Crippen LogP contribution in [0.3, 0.4) is 0 Å². The van der Waals surface area contributed by atoms with E-state index in [0.29, 0.717) is 40.8 Å². The zero-order valence-corrected chi connectivity index (χ0v) is 17.4. The minimum absolute atomic E-state index is 0.0582. The molecule has 0 aliphatic carbocycles. The van der Waals surface area contributed by atoms with Crippen molar-refractivity contribution in [1.29, 1.82) is 0 Å². The summed E-state index contributed by atoms with van der Waals surface area (Å²) in [5.74, 6) is 1.22. The van der Waals surface area contributed by atoms with E-state index in [2.05, 4.69) is 20.2 Å². The van der Waals surface area contributed by atoms with Crippen molar-refractivity contribution in [3.05, 3.63) is 66.5 Å². The second kappa shape index (κ2) is 8.74. The van der Waals surface area contributed by atoms with Crippen molar-refractivity contribution in [3.8, 4) is 40.0 Å². The third-order valence-corrected chi connectivity index (χ3v) is 4.53. The molecule has 31 heavy (non-hydrogen) atoms. The SMILES string of the molecule is CCOc1ccccc1-c1nnc(-c2cncc(-c3ccc(C(=O)N(C)C)cc3)n2)o1. The van der Waals surface area contributed by atoms with Crippen LogP contribution in [0.5, 0.6) is 5.75 Å². The van der Waals surface area contributed by atoms with E-state index in [1.54, 1.807) is 38.6 Å². The smallest absolute Gasteiger partial charge is 0.268 e. The molecule has 1 amide bonds. The first-order chi connectivity index (χ1) is 15.1. The number of hydrogen-bond donors (Lipinski definition) is 0. The van der Waals surface area contributed by atoms with Gasteiger partial charge in [-0.15, -0.1) is 10.2 Å². The van der Waals surface area contributed by atoms with Gasteiger partial charge in [0.25, 0.3) is 17.7 Å². The van der Waals surface area contributed by atoms with E-state index in [1.165, 1.54) is 4.90 Å². The summed E-state index contributed by atoms with van der Waals surface area (Å²) in [6.45, 7) is 2.45. The fourth-order valence-electron chi connectivity index (χ4n) is 3.01. The van der Waals surface area contributed by atoms with Gasteiger partial charge in [0.1, 0.15) is 11.4 Å². The molecule has 2 aromatic heterocycles. The molecule has 0 saturated heterocycles. The highest BCUT2D eigenvalue weighted by Crippen LogP contribution is 2.31. The quantitative estimate of drug-likeness (QED) is 0.470. The van der Waals surface area contributed by atoms with E-state index in [1.807, 2.05) is 43.3 Å². The molecule has 0 spiro atoms. The van der Waals surface area contributed by atoms with Crippen molar-refractivity contribution < 1.29 is 13.9 Å². The average molecular weight is 415 g/mol. The van der Waals surface area contributed by atoms with Gasteiger partial charge in [0.05, 0.1) is 30.3 Å². The van der Waals surface area contributed by atoms with E-state index >= 15 is 0 Å². The summed E-state index contributed by atoms with van der Waals surface area (Å²) < 4.78 is 11.5. The lowest BCUT2D eigenvalue weighted by Crippen LogP contribution is -2.21. The molecule has 0 radical (unpaired) electrons. The van der Waals surface area contributed by atoms with Crippen molar-refractivity contribution in [2.75, 3.05) is 20.7 Å². The maximum Gasteiger partial charge on any atom is 0.268 e. The van der Waals surface area contributed by atoms with Crippen molar-refractivity contribution in [3.63, 3.8) is 0 Å². The van der Waals surface area contributed by atoms with Gasteiger partial charge in [0.15, 0.2) is 0 Å². The number of carbonyl (C=O) groups excluding carboxylic acids is 1. The monoisotopic (exact) mass is 415 g/mol. The van der Waals surface area contributed by atoms with Crippen molar-refractivity contribution >= 4 is 5.91 Å². The summed E-state index contributed by atoms with van der Waals surface area (Å²) >= 11 is 0. The predicted octanol–water partition coefficient (Wildman–Crippen LogP) is 3.96. The van der Waals surface area contributed by atoms with Crippen LogP contribution in [0.15, 0.2) is 65.3 Å². The van der Waals surface area contributed by atoms with Gasteiger partial charge in [-0.05, 0) is 31.2 Å². The second-order valence-corrected chi connectivity index (χ2v) is 6.91. The first-order valence-corrected chi connectivity index (χ1v) is 9.77. The molecule has 0 bridgehead atoms. The molecule has 8 nitrogen and oxygen atoms in total. The maximum atomic E-state index is 12.1. The Bertz CT molecular complexity index is 1200. The van der Waals surface area contributed by atoms with E-state index in [9.17, 15) is 4.79 Å². The molecule has 2 heterocycles. The molecule has 8 heteroatoms. The Morgan fingerprint density at radius 1 is 0.968 bits per heavy atom. The number of benzene rings is 2. The molecule has 4 aromatic rings. The van der Waals surface area contributed by atoms with Crippen molar-refractivity contribution in [1.82, 2.24) is 25.1 Å². The Labute approximate surface area is 179 Å².